The van der Waals surface area contributed by atoms with E-state index in [0.29, 0.717) is 6.54 Å². The van der Waals surface area contributed by atoms with Crippen LogP contribution in [0.25, 0.3) is 0 Å². The summed E-state index contributed by atoms with van der Waals surface area (Å²) in [4.78, 5) is 15.9. The highest BCUT2D eigenvalue weighted by Gasteiger charge is 2.15. The molecule has 4 nitrogen and oxygen atoms in total. The smallest absolute Gasteiger partial charge is 0.237 e. The standard InChI is InChI=1S/C13H19N3O/c1-4-8-15-13(17)11(3)16-10(2)12-7-5-6-9-14-12/h4-7,9-11,16H,1,8H2,2-3H3,(H,15,17). The largest absolute Gasteiger partial charge is 0.351 e. The van der Waals surface area contributed by atoms with E-state index in [4.69, 9.17) is 0 Å². The van der Waals surface area contributed by atoms with Gasteiger partial charge in [0.15, 0.2) is 0 Å². The molecule has 0 radical (unpaired) electrons. The van der Waals surface area contributed by atoms with Gasteiger partial charge in [-0.3, -0.25) is 15.1 Å². The molecule has 1 rings (SSSR count). The van der Waals surface area contributed by atoms with Crippen molar-refractivity contribution in [3.8, 4) is 0 Å². The number of rotatable bonds is 6. The van der Waals surface area contributed by atoms with Gasteiger partial charge >= 0.3 is 0 Å². The molecular formula is C13H19N3O. The van der Waals surface area contributed by atoms with Crippen molar-refractivity contribution in [2.45, 2.75) is 25.9 Å². The van der Waals surface area contributed by atoms with Crippen LogP contribution in [0.15, 0.2) is 37.1 Å². The molecule has 0 saturated carbocycles. The average Bonchev–Trinajstić information content (AvgIpc) is 2.36. The van der Waals surface area contributed by atoms with Crippen molar-refractivity contribution in [2.75, 3.05) is 6.54 Å². The van der Waals surface area contributed by atoms with Crippen molar-refractivity contribution in [2.24, 2.45) is 0 Å². The molecule has 0 fully saturated rings. The molecule has 2 atom stereocenters. The average molecular weight is 233 g/mol. The van der Waals surface area contributed by atoms with Crippen LogP contribution in [0.1, 0.15) is 25.6 Å². The molecule has 1 amide bonds. The van der Waals surface area contributed by atoms with Gasteiger partial charge in [0.25, 0.3) is 0 Å². The zero-order valence-electron chi connectivity index (χ0n) is 10.3. The van der Waals surface area contributed by atoms with Crippen LogP contribution < -0.4 is 10.6 Å². The van der Waals surface area contributed by atoms with Gasteiger partial charge in [-0.25, -0.2) is 0 Å². The Morgan fingerprint density at radius 2 is 2.29 bits per heavy atom. The highest BCUT2D eigenvalue weighted by molar-refractivity contribution is 5.81. The number of aromatic nitrogens is 1. The zero-order chi connectivity index (χ0) is 12.7. The SMILES string of the molecule is C=CCNC(=O)C(C)NC(C)c1ccccn1. The van der Waals surface area contributed by atoms with Crippen LogP contribution in [0.2, 0.25) is 0 Å². The predicted molar refractivity (Wildman–Crippen MR) is 68.5 cm³/mol. The summed E-state index contributed by atoms with van der Waals surface area (Å²) in [5.74, 6) is -0.0346. The number of nitrogens with one attached hydrogen (secondary N) is 2. The lowest BCUT2D eigenvalue weighted by atomic mass is 10.2. The normalized spacial score (nSPS) is 13.8. The maximum atomic E-state index is 11.6. The minimum Gasteiger partial charge on any atom is -0.351 e. The fourth-order valence-corrected chi connectivity index (χ4v) is 1.49. The van der Waals surface area contributed by atoms with Crippen molar-refractivity contribution in [1.29, 1.82) is 0 Å². The third kappa shape index (κ3) is 4.36. The van der Waals surface area contributed by atoms with E-state index in [9.17, 15) is 4.79 Å². The Bertz CT molecular complexity index is 364. The summed E-state index contributed by atoms with van der Waals surface area (Å²) in [6, 6.07) is 5.53. The van der Waals surface area contributed by atoms with Gasteiger partial charge < -0.3 is 5.32 Å². The van der Waals surface area contributed by atoms with Crippen molar-refractivity contribution >= 4 is 5.91 Å². The first-order valence-electron chi connectivity index (χ1n) is 5.70. The minimum atomic E-state index is -0.257. The number of carbonyl (C=O) groups excluding carboxylic acids is 1. The summed E-state index contributed by atoms with van der Waals surface area (Å²) in [5.41, 5.74) is 0.927. The maximum absolute atomic E-state index is 11.6. The van der Waals surface area contributed by atoms with E-state index in [1.165, 1.54) is 0 Å². The van der Waals surface area contributed by atoms with E-state index >= 15 is 0 Å². The summed E-state index contributed by atoms with van der Waals surface area (Å²) >= 11 is 0. The Hall–Kier alpha value is -1.68. The van der Waals surface area contributed by atoms with Gasteiger partial charge in [-0.2, -0.15) is 0 Å². The topological polar surface area (TPSA) is 54.0 Å². The molecule has 1 aromatic rings. The van der Waals surface area contributed by atoms with Gasteiger partial charge in [0.05, 0.1) is 11.7 Å². The lowest BCUT2D eigenvalue weighted by Gasteiger charge is -2.18. The monoisotopic (exact) mass is 233 g/mol. The molecule has 1 aromatic heterocycles. The fourth-order valence-electron chi connectivity index (χ4n) is 1.49. The van der Waals surface area contributed by atoms with Crippen LogP contribution in [-0.4, -0.2) is 23.5 Å². The number of hydrogen-bond acceptors (Lipinski definition) is 3. The minimum absolute atomic E-state index is 0.0346. The lowest BCUT2D eigenvalue weighted by Crippen LogP contribution is -2.43. The number of hydrogen-bond donors (Lipinski definition) is 2. The molecule has 0 aliphatic carbocycles. The molecule has 0 aromatic carbocycles. The van der Waals surface area contributed by atoms with Crippen molar-refractivity contribution in [3.63, 3.8) is 0 Å². The Balaban J connectivity index is 2.48. The number of amides is 1. The van der Waals surface area contributed by atoms with Crippen LogP contribution in [0.4, 0.5) is 0 Å². The van der Waals surface area contributed by atoms with Crippen molar-refractivity contribution in [3.05, 3.63) is 42.7 Å². The van der Waals surface area contributed by atoms with E-state index < -0.39 is 0 Å². The number of pyridine rings is 1. The Morgan fingerprint density at radius 3 is 2.88 bits per heavy atom. The summed E-state index contributed by atoms with van der Waals surface area (Å²) < 4.78 is 0. The Kier molecular flexibility index (Phi) is 5.36. The quantitative estimate of drug-likeness (QED) is 0.731. The molecule has 0 aliphatic rings. The van der Waals surface area contributed by atoms with Crippen LogP contribution in [0.3, 0.4) is 0 Å². The third-order valence-electron chi connectivity index (χ3n) is 2.45. The molecule has 2 N–H and O–H groups in total. The first-order chi connectivity index (χ1) is 8.15. The summed E-state index contributed by atoms with van der Waals surface area (Å²) in [7, 11) is 0. The van der Waals surface area contributed by atoms with Crippen LogP contribution in [-0.2, 0) is 4.79 Å². The van der Waals surface area contributed by atoms with Crippen LogP contribution in [0.5, 0.6) is 0 Å². The molecule has 2 unspecified atom stereocenters. The van der Waals surface area contributed by atoms with Gasteiger partial charge in [-0.15, -0.1) is 6.58 Å². The first-order valence-corrected chi connectivity index (χ1v) is 5.70. The lowest BCUT2D eigenvalue weighted by molar-refractivity contribution is -0.122. The maximum Gasteiger partial charge on any atom is 0.237 e. The van der Waals surface area contributed by atoms with Gasteiger partial charge in [-0.05, 0) is 26.0 Å². The summed E-state index contributed by atoms with van der Waals surface area (Å²) in [6.07, 6.45) is 3.41. The van der Waals surface area contributed by atoms with Gasteiger partial charge in [0.2, 0.25) is 5.91 Å². The fraction of sp³-hybridized carbons (Fsp3) is 0.385. The molecular weight excluding hydrogens is 214 g/mol. The van der Waals surface area contributed by atoms with E-state index in [0.717, 1.165) is 5.69 Å². The predicted octanol–water partition coefficient (Wildman–Crippen LogP) is 1.42. The molecule has 0 bridgehead atoms. The second kappa shape index (κ2) is 6.81. The highest BCUT2D eigenvalue weighted by atomic mass is 16.2. The van der Waals surface area contributed by atoms with Gasteiger partial charge in [0, 0.05) is 18.8 Å². The van der Waals surface area contributed by atoms with E-state index in [1.54, 1.807) is 12.3 Å². The molecule has 1 heterocycles. The third-order valence-corrected chi connectivity index (χ3v) is 2.45. The van der Waals surface area contributed by atoms with Crippen LogP contribution >= 0.6 is 0 Å². The van der Waals surface area contributed by atoms with E-state index in [2.05, 4.69) is 22.2 Å². The zero-order valence-corrected chi connectivity index (χ0v) is 10.3. The molecule has 0 saturated heterocycles. The van der Waals surface area contributed by atoms with E-state index in [1.807, 2.05) is 32.0 Å². The summed E-state index contributed by atoms with van der Waals surface area (Å²) in [6.45, 7) is 7.86. The van der Waals surface area contributed by atoms with Crippen molar-refractivity contribution < 1.29 is 4.79 Å². The molecule has 17 heavy (non-hydrogen) atoms. The first kappa shape index (κ1) is 13.4. The second-order valence-electron chi connectivity index (χ2n) is 3.90. The van der Waals surface area contributed by atoms with Crippen molar-refractivity contribution in [1.82, 2.24) is 15.6 Å². The number of carbonyl (C=O) groups is 1. The Morgan fingerprint density at radius 1 is 1.53 bits per heavy atom. The Labute approximate surface area is 102 Å². The molecule has 92 valence electrons. The van der Waals surface area contributed by atoms with Gasteiger partial charge in [0.1, 0.15) is 0 Å². The highest BCUT2D eigenvalue weighted by Crippen LogP contribution is 2.08. The van der Waals surface area contributed by atoms with Crippen LogP contribution in [0, 0.1) is 0 Å². The van der Waals surface area contributed by atoms with E-state index in [-0.39, 0.29) is 18.0 Å². The molecule has 0 aliphatic heterocycles. The van der Waals surface area contributed by atoms with Gasteiger partial charge in [-0.1, -0.05) is 12.1 Å². The molecule has 4 heteroatoms. The molecule has 0 spiro atoms. The second-order valence-corrected chi connectivity index (χ2v) is 3.90. The number of nitrogens with zero attached hydrogens (tertiary/aromatic N) is 1. The summed E-state index contributed by atoms with van der Waals surface area (Å²) in [5, 5.41) is 5.94.